The number of hydrogen-bond donors (Lipinski definition) is 1. The van der Waals surface area contributed by atoms with Crippen molar-refractivity contribution in [1.82, 2.24) is 0 Å². The van der Waals surface area contributed by atoms with E-state index < -0.39 is 0 Å². The number of thiocarbonyl (C=S) groups is 1. The van der Waals surface area contributed by atoms with Crippen molar-refractivity contribution in [3.8, 4) is 5.75 Å². The molecule has 0 spiro atoms. The van der Waals surface area contributed by atoms with E-state index in [-0.39, 0.29) is 0 Å². The maximum Gasteiger partial charge on any atom is 0.120 e. The minimum Gasteiger partial charge on any atom is -0.489 e. The summed E-state index contributed by atoms with van der Waals surface area (Å²) in [7, 11) is 0. The highest BCUT2D eigenvalue weighted by Crippen LogP contribution is 2.15. The molecular formula is C16H17NOS. The molecule has 0 atom stereocenters. The zero-order valence-corrected chi connectivity index (χ0v) is 11.7. The molecule has 0 aliphatic heterocycles. The van der Waals surface area contributed by atoms with Crippen molar-refractivity contribution in [3.05, 3.63) is 65.2 Å². The van der Waals surface area contributed by atoms with E-state index >= 15 is 0 Å². The third-order valence-electron chi connectivity index (χ3n) is 2.95. The van der Waals surface area contributed by atoms with Crippen LogP contribution in [0, 0.1) is 0 Å². The molecule has 0 unspecified atom stereocenters. The molecule has 0 fully saturated rings. The van der Waals surface area contributed by atoms with Gasteiger partial charge in [-0.2, -0.15) is 0 Å². The summed E-state index contributed by atoms with van der Waals surface area (Å²) < 4.78 is 5.77. The Labute approximate surface area is 119 Å². The van der Waals surface area contributed by atoms with Crippen LogP contribution in [0.15, 0.2) is 48.5 Å². The number of ether oxygens (including phenoxy) is 1. The van der Waals surface area contributed by atoms with Gasteiger partial charge in [0, 0.05) is 5.56 Å². The Morgan fingerprint density at radius 1 is 1.11 bits per heavy atom. The summed E-state index contributed by atoms with van der Waals surface area (Å²) in [5, 5.41) is 0. The molecule has 0 aliphatic rings. The van der Waals surface area contributed by atoms with Crippen molar-refractivity contribution in [1.29, 1.82) is 0 Å². The highest BCUT2D eigenvalue weighted by Gasteiger charge is 1.99. The Bertz CT molecular complexity index is 563. The van der Waals surface area contributed by atoms with E-state index in [9.17, 15) is 0 Å². The van der Waals surface area contributed by atoms with Crippen LogP contribution in [0.1, 0.15) is 23.6 Å². The standard InChI is InChI=1S/C16H17NOS/c1-2-12-4-3-5-15(10-12)18-11-13-6-8-14(9-7-13)16(17)19/h3-10H,2,11H2,1H3,(H2,17,19). The molecule has 0 saturated carbocycles. The van der Waals surface area contributed by atoms with E-state index in [1.807, 2.05) is 36.4 Å². The van der Waals surface area contributed by atoms with Gasteiger partial charge in [0.25, 0.3) is 0 Å². The maximum atomic E-state index is 5.77. The summed E-state index contributed by atoms with van der Waals surface area (Å²) in [5.74, 6) is 0.901. The molecular weight excluding hydrogens is 254 g/mol. The molecule has 0 amide bonds. The molecule has 2 N–H and O–H groups in total. The normalized spacial score (nSPS) is 10.2. The lowest BCUT2D eigenvalue weighted by molar-refractivity contribution is 0.306. The first-order chi connectivity index (χ1) is 9.19. The largest absolute Gasteiger partial charge is 0.489 e. The summed E-state index contributed by atoms with van der Waals surface area (Å²) in [6, 6.07) is 16.0. The lowest BCUT2D eigenvalue weighted by Crippen LogP contribution is -2.09. The minimum atomic E-state index is 0.420. The van der Waals surface area contributed by atoms with Gasteiger partial charge in [-0.15, -0.1) is 0 Å². The molecule has 2 aromatic rings. The third-order valence-corrected chi connectivity index (χ3v) is 3.19. The average Bonchev–Trinajstić information content (AvgIpc) is 2.46. The fourth-order valence-corrected chi connectivity index (χ4v) is 1.92. The van der Waals surface area contributed by atoms with Crippen LogP contribution in [0.25, 0.3) is 0 Å². The van der Waals surface area contributed by atoms with Crippen molar-refractivity contribution in [3.63, 3.8) is 0 Å². The van der Waals surface area contributed by atoms with Gasteiger partial charge in [0.15, 0.2) is 0 Å². The maximum absolute atomic E-state index is 5.77. The molecule has 0 aliphatic carbocycles. The topological polar surface area (TPSA) is 35.2 Å². The Morgan fingerprint density at radius 2 is 1.84 bits per heavy atom. The fourth-order valence-electron chi connectivity index (χ4n) is 1.79. The zero-order valence-electron chi connectivity index (χ0n) is 10.9. The van der Waals surface area contributed by atoms with Gasteiger partial charge in [-0.05, 0) is 29.7 Å². The Morgan fingerprint density at radius 3 is 2.47 bits per heavy atom. The summed E-state index contributed by atoms with van der Waals surface area (Å²) in [4.78, 5) is 0.420. The predicted octanol–water partition coefficient (Wildman–Crippen LogP) is 3.46. The van der Waals surface area contributed by atoms with Gasteiger partial charge in [-0.25, -0.2) is 0 Å². The number of aryl methyl sites for hydroxylation is 1. The van der Waals surface area contributed by atoms with E-state index in [1.165, 1.54) is 5.56 Å². The van der Waals surface area contributed by atoms with E-state index in [0.29, 0.717) is 11.6 Å². The molecule has 0 saturated heterocycles. The minimum absolute atomic E-state index is 0.420. The molecule has 0 bridgehead atoms. The van der Waals surface area contributed by atoms with Gasteiger partial charge in [-0.3, -0.25) is 0 Å². The first-order valence-corrected chi connectivity index (χ1v) is 6.70. The molecule has 2 aromatic carbocycles. The van der Waals surface area contributed by atoms with E-state index in [0.717, 1.165) is 23.3 Å². The molecule has 0 heterocycles. The first-order valence-electron chi connectivity index (χ1n) is 6.29. The van der Waals surface area contributed by atoms with Gasteiger partial charge < -0.3 is 10.5 Å². The number of hydrogen-bond acceptors (Lipinski definition) is 2. The van der Waals surface area contributed by atoms with Crippen molar-refractivity contribution in [2.75, 3.05) is 0 Å². The number of nitrogens with two attached hydrogens (primary N) is 1. The lowest BCUT2D eigenvalue weighted by Gasteiger charge is -2.08. The SMILES string of the molecule is CCc1cccc(OCc2ccc(C(N)=S)cc2)c1. The zero-order chi connectivity index (χ0) is 13.7. The smallest absolute Gasteiger partial charge is 0.120 e. The van der Waals surface area contributed by atoms with Crippen LogP contribution in [0.3, 0.4) is 0 Å². The fraction of sp³-hybridized carbons (Fsp3) is 0.188. The van der Waals surface area contributed by atoms with Crippen LogP contribution in [-0.2, 0) is 13.0 Å². The molecule has 98 valence electrons. The number of rotatable bonds is 5. The lowest BCUT2D eigenvalue weighted by atomic mass is 10.1. The Hall–Kier alpha value is -1.87. The number of benzene rings is 2. The third kappa shape index (κ3) is 3.80. The average molecular weight is 271 g/mol. The summed E-state index contributed by atoms with van der Waals surface area (Å²) in [5.41, 5.74) is 8.82. The van der Waals surface area contributed by atoms with Gasteiger partial charge in [0.2, 0.25) is 0 Å². The Kier molecular flexibility index (Phi) is 4.53. The molecule has 0 aromatic heterocycles. The van der Waals surface area contributed by atoms with E-state index in [2.05, 4.69) is 19.1 Å². The summed E-state index contributed by atoms with van der Waals surface area (Å²) in [6.07, 6.45) is 1.01. The van der Waals surface area contributed by atoms with Gasteiger partial charge in [0.1, 0.15) is 17.3 Å². The van der Waals surface area contributed by atoms with Gasteiger partial charge >= 0.3 is 0 Å². The van der Waals surface area contributed by atoms with E-state index in [4.69, 9.17) is 22.7 Å². The van der Waals surface area contributed by atoms with Crippen molar-refractivity contribution < 1.29 is 4.74 Å². The van der Waals surface area contributed by atoms with Crippen LogP contribution >= 0.6 is 12.2 Å². The molecule has 2 nitrogen and oxygen atoms in total. The van der Waals surface area contributed by atoms with Crippen LogP contribution in [-0.4, -0.2) is 4.99 Å². The second kappa shape index (κ2) is 6.34. The first kappa shape index (κ1) is 13.6. The van der Waals surface area contributed by atoms with Crippen LogP contribution < -0.4 is 10.5 Å². The van der Waals surface area contributed by atoms with Crippen LogP contribution in [0.4, 0.5) is 0 Å². The second-order valence-electron chi connectivity index (χ2n) is 4.35. The van der Waals surface area contributed by atoms with Crippen LogP contribution in [0.2, 0.25) is 0 Å². The van der Waals surface area contributed by atoms with Gasteiger partial charge in [0.05, 0.1) is 0 Å². The van der Waals surface area contributed by atoms with Crippen LogP contribution in [0.5, 0.6) is 5.75 Å². The van der Waals surface area contributed by atoms with Crippen molar-refractivity contribution in [2.24, 2.45) is 5.73 Å². The Balaban J connectivity index is 1.99. The van der Waals surface area contributed by atoms with Crippen molar-refractivity contribution >= 4 is 17.2 Å². The van der Waals surface area contributed by atoms with E-state index in [1.54, 1.807) is 0 Å². The highest BCUT2D eigenvalue weighted by molar-refractivity contribution is 7.80. The van der Waals surface area contributed by atoms with Crippen molar-refractivity contribution in [2.45, 2.75) is 20.0 Å². The second-order valence-corrected chi connectivity index (χ2v) is 4.79. The quantitative estimate of drug-likeness (QED) is 0.846. The molecule has 3 heteroatoms. The molecule has 19 heavy (non-hydrogen) atoms. The summed E-state index contributed by atoms with van der Waals surface area (Å²) in [6.45, 7) is 2.68. The predicted molar refractivity (Wildman–Crippen MR) is 82.5 cm³/mol. The summed E-state index contributed by atoms with van der Waals surface area (Å²) >= 11 is 4.92. The molecule has 2 rings (SSSR count). The monoisotopic (exact) mass is 271 g/mol. The van der Waals surface area contributed by atoms with Gasteiger partial charge in [-0.1, -0.05) is 55.5 Å². The highest BCUT2D eigenvalue weighted by atomic mass is 32.1. The molecule has 0 radical (unpaired) electrons.